The Morgan fingerprint density at radius 1 is 1.12 bits per heavy atom. The van der Waals surface area contributed by atoms with Gasteiger partial charge >= 0.3 is 11.9 Å². The van der Waals surface area contributed by atoms with Gasteiger partial charge in [-0.15, -0.1) is 0 Å². The van der Waals surface area contributed by atoms with Crippen LogP contribution in [0.5, 0.6) is 0 Å². The first-order valence-electron chi connectivity index (χ1n) is 7.28. The van der Waals surface area contributed by atoms with Crippen molar-refractivity contribution in [1.82, 2.24) is 0 Å². The van der Waals surface area contributed by atoms with Crippen LogP contribution in [0.1, 0.15) is 44.5 Å². The summed E-state index contributed by atoms with van der Waals surface area (Å²) < 4.78 is 9.83. The predicted octanol–water partition coefficient (Wildman–Crippen LogP) is 3.54. The van der Waals surface area contributed by atoms with Gasteiger partial charge in [0.15, 0.2) is 6.10 Å². The fraction of sp³-hybridized carbons (Fsp3) is 0.294. The summed E-state index contributed by atoms with van der Waals surface area (Å²) in [6.45, 7) is 7.10. The second-order valence-corrected chi connectivity index (χ2v) is 5.56. The average molecular weight is 331 g/mol. The van der Waals surface area contributed by atoms with Crippen molar-refractivity contribution < 1.29 is 23.7 Å². The van der Waals surface area contributed by atoms with Crippen LogP contribution in [-0.4, -0.2) is 22.8 Å². The number of carbonyl (C=O) groups is 2. The summed E-state index contributed by atoms with van der Waals surface area (Å²) in [5, 5.41) is 10.6. The normalized spacial score (nSPS) is 11.8. The van der Waals surface area contributed by atoms with Crippen LogP contribution in [0, 0.1) is 30.9 Å². The van der Waals surface area contributed by atoms with Gasteiger partial charge in [-0.3, -0.25) is 14.9 Å². The number of nitrogens with zero attached hydrogens (tertiary/aromatic N) is 1. The molecule has 126 valence electrons. The molecule has 1 aromatic heterocycles. The molecular weight excluding hydrogens is 314 g/mol. The number of nitro groups is 1. The first-order valence-corrected chi connectivity index (χ1v) is 7.28. The SMILES string of the molecule is Cc1cc(C)c(C(=O)[C@@H](C)OC(=O)c2ccc([N+](=O)[O-])o2)cc1C. The van der Waals surface area contributed by atoms with Gasteiger partial charge in [-0.05, 0) is 56.5 Å². The third-order valence-corrected chi connectivity index (χ3v) is 3.73. The van der Waals surface area contributed by atoms with Gasteiger partial charge < -0.3 is 9.15 Å². The van der Waals surface area contributed by atoms with E-state index in [1.807, 2.05) is 26.8 Å². The lowest BCUT2D eigenvalue weighted by molar-refractivity contribution is -0.402. The zero-order valence-electron chi connectivity index (χ0n) is 13.8. The van der Waals surface area contributed by atoms with E-state index in [0.717, 1.165) is 28.8 Å². The van der Waals surface area contributed by atoms with E-state index >= 15 is 0 Å². The van der Waals surface area contributed by atoms with Crippen LogP contribution in [0.3, 0.4) is 0 Å². The minimum atomic E-state index is -1.04. The van der Waals surface area contributed by atoms with E-state index in [0.29, 0.717) is 5.56 Å². The number of ketones is 1. The number of furan rings is 1. The summed E-state index contributed by atoms with van der Waals surface area (Å²) in [6, 6.07) is 5.84. The van der Waals surface area contributed by atoms with Crippen molar-refractivity contribution in [1.29, 1.82) is 0 Å². The minimum absolute atomic E-state index is 0.321. The molecule has 2 aromatic rings. The lowest BCUT2D eigenvalue weighted by atomic mass is 9.96. The number of hydrogen-bond acceptors (Lipinski definition) is 6. The topological polar surface area (TPSA) is 99.7 Å². The Hall–Kier alpha value is -2.96. The summed E-state index contributed by atoms with van der Waals surface area (Å²) in [6.07, 6.45) is -1.04. The molecule has 7 heteroatoms. The minimum Gasteiger partial charge on any atom is -0.448 e. The lowest BCUT2D eigenvalue weighted by Crippen LogP contribution is -2.25. The number of hydrogen-bond donors (Lipinski definition) is 0. The van der Waals surface area contributed by atoms with Gasteiger partial charge in [-0.25, -0.2) is 4.79 Å². The number of benzene rings is 1. The Kier molecular flexibility index (Phi) is 4.82. The van der Waals surface area contributed by atoms with E-state index in [1.165, 1.54) is 6.92 Å². The van der Waals surface area contributed by atoms with Gasteiger partial charge in [0.2, 0.25) is 11.5 Å². The van der Waals surface area contributed by atoms with Crippen LogP contribution < -0.4 is 0 Å². The average Bonchev–Trinajstić information content (AvgIpc) is 3.00. The smallest absolute Gasteiger partial charge is 0.433 e. The highest BCUT2D eigenvalue weighted by molar-refractivity contribution is 6.02. The molecule has 1 heterocycles. The van der Waals surface area contributed by atoms with Gasteiger partial charge in [-0.1, -0.05) is 6.07 Å². The standard InChI is InChI=1S/C17H17NO6/c1-9-7-11(3)13(8-10(9)2)16(19)12(4)23-17(20)14-5-6-15(24-14)18(21)22/h5-8,12H,1-4H3/t12-/m1/s1. The summed E-state index contributed by atoms with van der Waals surface area (Å²) in [7, 11) is 0. The van der Waals surface area contributed by atoms with E-state index < -0.39 is 22.9 Å². The van der Waals surface area contributed by atoms with E-state index in [-0.39, 0.29) is 11.5 Å². The third-order valence-electron chi connectivity index (χ3n) is 3.73. The Bertz CT molecular complexity index is 820. The van der Waals surface area contributed by atoms with Crippen molar-refractivity contribution in [3.05, 3.63) is 62.4 Å². The van der Waals surface area contributed by atoms with E-state index in [2.05, 4.69) is 0 Å². The zero-order valence-corrected chi connectivity index (χ0v) is 13.8. The summed E-state index contributed by atoms with van der Waals surface area (Å²) >= 11 is 0. The van der Waals surface area contributed by atoms with Gasteiger partial charge in [0, 0.05) is 5.56 Å². The van der Waals surface area contributed by atoms with E-state index in [4.69, 9.17) is 9.15 Å². The van der Waals surface area contributed by atoms with Crippen LogP contribution in [0.4, 0.5) is 5.88 Å². The number of Topliss-reactive ketones (excluding diaryl/α,β-unsaturated/α-hetero) is 1. The molecule has 2 rings (SSSR count). The van der Waals surface area contributed by atoms with E-state index in [1.54, 1.807) is 6.07 Å². The summed E-state index contributed by atoms with van der Waals surface area (Å²) in [5.41, 5.74) is 3.30. The molecule has 24 heavy (non-hydrogen) atoms. The van der Waals surface area contributed by atoms with Crippen molar-refractivity contribution >= 4 is 17.6 Å². The fourth-order valence-electron chi connectivity index (χ4n) is 2.25. The Labute approximate surface area is 138 Å². The predicted molar refractivity (Wildman–Crippen MR) is 85.2 cm³/mol. The molecule has 0 aliphatic rings. The second kappa shape index (κ2) is 6.66. The third kappa shape index (κ3) is 3.51. The van der Waals surface area contributed by atoms with Crippen LogP contribution in [0.15, 0.2) is 28.7 Å². The molecule has 0 unspecified atom stereocenters. The maximum atomic E-state index is 12.5. The molecular formula is C17H17NO6. The maximum Gasteiger partial charge on any atom is 0.433 e. The second-order valence-electron chi connectivity index (χ2n) is 5.56. The van der Waals surface area contributed by atoms with Gasteiger partial charge in [0.05, 0.1) is 6.07 Å². The lowest BCUT2D eigenvalue weighted by Gasteiger charge is -2.14. The fourth-order valence-corrected chi connectivity index (χ4v) is 2.25. The Morgan fingerprint density at radius 3 is 2.33 bits per heavy atom. The van der Waals surface area contributed by atoms with Gasteiger partial charge in [0.25, 0.3) is 0 Å². The molecule has 1 atom stereocenters. The monoisotopic (exact) mass is 331 g/mol. The highest BCUT2D eigenvalue weighted by Gasteiger charge is 2.25. The van der Waals surface area contributed by atoms with Crippen LogP contribution >= 0.6 is 0 Å². The van der Waals surface area contributed by atoms with Gasteiger partial charge in [-0.2, -0.15) is 0 Å². The maximum absolute atomic E-state index is 12.5. The molecule has 0 saturated heterocycles. The molecule has 7 nitrogen and oxygen atoms in total. The van der Waals surface area contributed by atoms with Crippen molar-refractivity contribution in [3.8, 4) is 0 Å². The molecule has 0 spiro atoms. The number of carbonyl (C=O) groups excluding carboxylic acids is 2. The quantitative estimate of drug-likeness (QED) is 0.359. The first-order chi connectivity index (χ1) is 11.2. The van der Waals surface area contributed by atoms with Crippen molar-refractivity contribution in [2.75, 3.05) is 0 Å². The molecule has 0 fully saturated rings. The highest BCUT2D eigenvalue weighted by atomic mass is 16.7. The molecule has 0 bridgehead atoms. The molecule has 0 saturated carbocycles. The van der Waals surface area contributed by atoms with Gasteiger partial charge in [0.1, 0.15) is 4.92 Å². The van der Waals surface area contributed by atoms with E-state index in [9.17, 15) is 19.7 Å². The number of esters is 1. The number of aryl methyl sites for hydroxylation is 3. The molecule has 1 aromatic carbocycles. The zero-order chi connectivity index (χ0) is 18.0. The Morgan fingerprint density at radius 2 is 1.75 bits per heavy atom. The molecule has 0 amide bonds. The number of ether oxygens (including phenoxy) is 1. The van der Waals surface area contributed by atoms with Crippen molar-refractivity contribution in [2.45, 2.75) is 33.8 Å². The molecule has 0 N–H and O–H groups in total. The van der Waals surface area contributed by atoms with Crippen LogP contribution in [0.25, 0.3) is 0 Å². The van der Waals surface area contributed by atoms with Crippen molar-refractivity contribution in [2.24, 2.45) is 0 Å². The molecule has 0 aliphatic carbocycles. The summed E-state index contributed by atoms with van der Waals surface area (Å²) in [5.74, 6) is -2.15. The highest BCUT2D eigenvalue weighted by Crippen LogP contribution is 2.20. The first kappa shape index (κ1) is 17.4. The number of rotatable bonds is 5. The van der Waals surface area contributed by atoms with Crippen molar-refractivity contribution in [3.63, 3.8) is 0 Å². The van der Waals surface area contributed by atoms with Crippen LogP contribution in [-0.2, 0) is 4.74 Å². The molecule has 0 radical (unpaired) electrons. The van der Waals surface area contributed by atoms with Crippen LogP contribution in [0.2, 0.25) is 0 Å². The molecule has 0 aliphatic heterocycles. The Balaban J connectivity index is 2.15. The largest absolute Gasteiger partial charge is 0.448 e. The summed E-state index contributed by atoms with van der Waals surface area (Å²) in [4.78, 5) is 34.2.